The number of nitro groups is 1. The second-order valence-electron chi connectivity index (χ2n) is 3.99. The van der Waals surface area contributed by atoms with Crippen LogP contribution in [0.4, 0.5) is 5.82 Å². The fourth-order valence-electron chi connectivity index (χ4n) is 1.03. The summed E-state index contributed by atoms with van der Waals surface area (Å²) in [7, 11) is 0. The predicted molar refractivity (Wildman–Crippen MR) is 62.8 cm³/mol. The van der Waals surface area contributed by atoms with Gasteiger partial charge >= 0.3 is 5.82 Å². The van der Waals surface area contributed by atoms with Crippen molar-refractivity contribution >= 4 is 27.7 Å². The second kappa shape index (κ2) is 4.65. The molecule has 6 nitrogen and oxygen atoms in total. The quantitative estimate of drug-likeness (QED) is 0.503. The Morgan fingerprint density at radius 1 is 1.62 bits per heavy atom. The third kappa shape index (κ3) is 3.06. The smallest absolute Gasteiger partial charge is 0.321 e. The van der Waals surface area contributed by atoms with E-state index < -0.39 is 10.5 Å². The lowest BCUT2D eigenvalue weighted by Crippen LogP contribution is -2.44. The van der Waals surface area contributed by atoms with Gasteiger partial charge in [-0.1, -0.05) is 15.9 Å². The lowest BCUT2D eigenvalue weighted by atomic mass is 10.1. The van der Waals surface area contributed by atoms with Crippen LogP contribution >= 0.6 is 15.9 Å². The Hall–Kier alpha value is -1.37. The molecule has 1 heterocycles. The maximum absolute atomic E-state index is 11.7. The van der Waals surface area contributed by atoms with E-state index in [0.717, 1.165) is 0 Å². The van der Waals surface area contributed by atoms with Crippen LogP contribution in [0.3, 0.4) is 0 Å². The summed E-state index contributed by atoms with van der Waals surface area (Å²) < 4.78 is 0. The molecule has 88 valence electrons. The number of hydrogen-bond donors (Lipinski definition) is 2. The predicted octanol–water partition coefficient (Wildman–Crippen LogP) is 1.83. The van der Waals surface area contributed by atoms with Gasteiger partial charge < -0.3 is 15.4 Å². The molecule has 0 atom stereocenters. The van der Waals surface area contributed by atoms with Crippen molar-refractivity contribution < 1.29 is 9.72 Å². The zero-order valence-corrected chi connectivity index (χ0v) is 10.5. The monoisotopic (exact) mass is 289 g/mol. The molecule has 0 aliphatic rings. The number of amides is 1. The molecule has 2 N–H and O–H groups in total. The molecule has 0 aromatic carbocycles. The number of carbonyl (C=O) groups is 1. The molecule has 16 heavy (non-hydrogen) atoms. The van der Waals surface area contributed by atoms with Gasteiger partial charge in [-0.2, -0.15) is 0 Å². The molecule has 0 bridgehead atoms. The van der Waals surface area contributed by atoms with Crippen molar-refractivity contribution in [3.8, 4) is 0 Å². The minimum atomic E-state index is -0.577. The summed E-state index contributed by atoms with van der Waals surface area (Å²) in [5.41, 5.74) is -0.225. The molecule has 0 radical (unpaired) electrons. The van der Waals surface area contributed by atoms with Crippen LogP contribution in [0.2, 0.25) is 0 Å². The average molecular weight is 290 g/mol. The van der Waals surface area contributed by atoms with Crippen molar-refractivity contribution in [3.05, 3.63) is 27.9 Å². The molecule has 0 saturated heterocycles. The summed E-state index contributed by atoms with van der Waals surface area (Å²) in [4.78, 5) is 23.9. The van der Waals surface area contributed by atoms with Gasteiger partial charge in [0.15, 0.2) is 5.69 Å². The van der Waals surface area contributed by atoms with Crippen molar-refractivity contribution in [1.82, 2.24) is 10.3 Å². The molecule has 1 aromatic heterocycles. The highest BCUT2D eigenvalue weighted by molar-refractivity contribution is 9.09. The highest BCUT2D eigenvalue weighted by Gasteiger charge is 2.22. The number of aromatic nitrogens is 1. The summed E-state index contributed by atoms with van der Waals surface area (Å²) in [6.45, 7) is 3.69. The highest BCUT2D eigenvalue weighted by atomic mass is 79.9. The summed E-state index contributed by atoms with van der Waals surface area (Å²) >= 11 is 3.27. The summed E-state index contributed by atoms with van der Waals surface area (Å²) in [6, 6.07) is 2.65. The molecule has 0 spiro atoms. The van der Waals surface area contributed by atoms with E-state index in [-0.39, 0.29) is 17.4 Å². The van der Waals surface area contributed by atoms with Gasteiger partial charge in [-0.15, -0.1) is 0 Å². The largest absolute Gasteiger partial charge is 0.358 e. The van der Waals surface area contributed by atoms with Crippen molar-refractivity contribution in [3.63, 3.8) is 0 Å². The molecule has 0 aliphatic carbocycles. The molecular weight excluding hydrogens is 278 g/mol. The number of alkyl halides is 1. The Bertz CT molecular complexity index is 414. The summed E-state index contributed by atoms with van der Waals surface area (Å²) in [5, 5.41) is 13.7. The first-order valence-corrected chi connectivity index (χ1v) is 5.70. The fourth-order valence-corrected chi connectivity index (χ4v) is 1.17. The van der Waals surface area contributed by atoms with Crippen LogP contribution in [0.15, 0.2) is 12.1 Å². The van der Waals surface area contributed by atoms with Crippen molar-refractivity contribution in [2.45, 2.75) is 19.4 Å². The summed E-state index contributed by atoms with van der Waals surface area (Å²) in [6.07, 6.45) is 0. The third-order valence-corrected chi connectivity index (χ3v) is 3.30. The van der Waals surface area contributed by atoms with E-state index in [1.54, 1.807) is 0 Å². The van der Waals surface area contributed by atoms with E-state index in [9.17, 15) is 14.9 Å². The summed E-state index contributed by atoms with van der Waals surface area (Å²) in [5.74, 6) is -0.556. The van der Waals surface area contributed by atoms with Gasteiger partial charge in [0, 0.05) is 16.9 Å². The van der Waals surface area contributed by atoms with E-state index in [1.165, 1.54) is 12.1 Å². The van der Waals surface area contributed by atoms with Gasteiger partial charge in [-0.25, -0.2) is 4.98 Å². The number of rotatable bonds is 4. The Morgan fingerprint density at radius 3 is 2.69 bits per heavy atom. The number of halogens is 1. The standard InChI is InChI=1S/C9H12BrN3O3/c1-9(2,5-10)12-8(14)6-3-4-7(11-6)13(15)16/h3-4,11H,5H2,1-2H3,(H,12,14). The highest BCUT2D eigenvalue weighted by Crippen LogP contribution is 2.12. The van der Waals surface area contributed by atoms with Gasteiger partial charge in [0.1, 0.15) is 0 Å². The normalized spacial score (nSPS) is 11.2. The fraction of sp³-hybridized carbons (Fsp3) is 0.444. The van der Waals surface area contributed by atoms with Crippen LogP contribution < -0.4 is 5.32 Å². The van der Waals surface area contributed by atoms with Crippen molar-refractivity contribution in [1.29, 1.82) is 0 Å². The molecule has 1 rings (SSSR count). The maximum atomic E-state index is 11.7. The van der Waals surface area contributed by atoms with E-state index in [0.29, 0.717) is 5.33 Å². The van der Waals surface area contributed by atoms with E-state index >= 15 is 0 Å². The van der Waals surface area contributed by atoms with Crippen LogP contribution in [0.5, 0.6) is 0 Å². The lowest BCUT2D eigenvalue weighted by Gasteiger charge is -2.22. The van der Waals surface area contributed by atoms with E-state index in [2.05, 4.69) is 26.2 Å². The number of carbonyl (C=O) groups excluding carboxylic acids is 1. The van der Waals surface area contributed by atoms with Crippen LogP contribution in [0, 0.1) is 10.1 Å². The topological polar surface area (TPSA) is 88.0 Å². The number of H-pyrrole nitrogens is 1. The molecule has 0 aliphatic heterocycles. The Labute approximate surface area is 101 Å². The van der Waals surface area contributed by atoms with E-state index in [1.807, 2.05) is 13.8 Å². The number of nitrogens with zero attached hydrogens (tertiary/aromatic N) is 1. The van der Waals surface area contributed by atoms with Gasteiger partial charge in [0.25, 0.3) is 5.91 Å². The Balaban J connectivity index is 2.77. The zero-order valence-electron chi connectivity index (χ0n) is 8.91. The molecule has 1 aromatic rings. The van der Waals surface area contributed by atoms with Gasteiger partial charge in [0.05, 0.1) is 0 Å². The number of hydrogen-bond acceptors (Lipinski definition) is 3. The number of aromatic amines is 1. The van der Waals surface area contributed by atoms with Gasteiger partial charge in [0.2, 0.25) is 0 Å². The first-order valence-electron chi connectivity index (χ1n) is 4.57. The van der Waals surface area contributed by atoms with Crippen LogP contribution in [-0.2, 0) is 0 Å². The first kappa shape index (κ1) is 12.7. The molecule has 0 fully saturated rings. The Kier molecular flexibility index (Phi) is 3.69. The molecule has 1 amide bonds. The second-order valence-corrected chi connectivity index (χ2v) is 4.55. The van der Waals surface area contributed by atoms with Crippen LogP contribution in [0.25, 0.3) is 0 Å². The van der Waals surface area contributed by atoms with Gasteiger partial charge in [-0.3, -0.25) is 4.79 Å². The molecule has 7 heteroatoms. The number of nitrogens with one attached hydrogen (secondary N) is 2. The SMILES string of the molecule is CC(C)(CBr)NC(=O)c1ccc([N+](=O)[O-])[nH]1. The first-order chi connectivity index (χ1) is 7.35. The maximum Gasteiger partial charge on any atom is 0.321 e. The van der Waals surface area contributed by atoms with Gasteiger partial charge in [-0.05, 0) is 24.8 Å². The third-order valence-electron chi connectivity index (χ3n) is 1.90. The van der Waals surface area contributed by atoms with Crippen LogP contribution in [0.1, 0.15) is 24.3 Å². The molecule has 0 unspecified atom stereocenters. The minimum absolute atomic E-state index is 0.181. The van der Waals surface area contributed by atoms with Crippen LogP contribution in [-0.4, -0.2) is 26.7 Å². The van der Waals surface area contributed by atoms with Crippen molar-refractivity contribution in [2.24, 2.45) is 0 Å². The molecule has 0 saturated carbocycles. The van der Waals surface area contributed by atoms with Crippen molar-refractivity contribution in [2.75, 3.05) is 5.33 Å². The average Bonchev–Trinajstić information content (AvgIpc) is 2.66. The molecular formula is C9H12BrN3O3. The minimum Gasteiger partial charge on any atom is -0.358 e. The zero-order chi connectivity index (χ0) is 12.3. The Morgan fingerprint density at radius 2 is 2.25 bits per heavy atom. The van der Waals surface area contributed by atoms with E-state index in [4.69, 9.17) is 0 Å². The lowest BCUT2D eigenvalue weighted by molar-refractivity contribution is -0.389.